The van der Waals surface area contributed by atoms with Crippen molar-refractivity contribution in [2.75, 3.05) is 0 Å². The highest BCUT2D eigenvalue weighted by Gasteiger charge is 2.31. The molecule has 0 amide bonds. The number of hydrogen-bond acceptors (Lipinski definition) is 4. The maximum absolute atomic E-state index is 12.3. The number of aryl methyl sites for hydroxylation is 1. The molecule has 0 aliphatic heterocycles. The van der Waals surface area contributed by atoms with Crippen LogP contribution in [0.15, 0.2) is 78.9 Å². The normalized spacial score (nSPS) is 13.2. The van der Waals surface area contributed by atoms with Crippen LogP contribution in [0.2, 0.25) is 10.0 Å². The fraction of sp³-hybridized carbons (Fsp3) is 0.0345. The summed E-state index contributed by atoms with van der Waals surface area (Å²) in [6, 6.07) is 22.0. The van der Waals surface area contributed by atoms with Crippen LogP contribution in [0.3, 0.4) is 0 Å². The first kappa shape index (κ1) is 22.9. The molecule has 4 nitrogen and oxygen atoms in total. The maximum Gasteiger partial charge on any atom is 0.194 e. The van der Waals surface area contributed by atoms with Crippen molar-refractivity contribution in [2.45, 2.75) is 6.92 Å². The summed E-state index contributed by atoms with van der Waals surface area (Å²) >= 11 is 11.8. The Morgan fingerprint density at radius 3 is 1.29 bits per heavy atom. The molecule has 0 aromatic heterocycles. The van der Waals surface area contributed by atoms with Gasteiger partial charge in [0.15, 0.2) is 23.1 Å². The van der Waals surface area contributed by atoms with Gasteiger partial charge < -0.3 is 0 Å². The lowest BCUT2D eigenvalue weighted by Gasteiger charge is -2.18. The van der Waals surface area contributed by atoms with Gasteiger partial charge in [-0.15, -0.1) is 0 Å². The van der Waals surface area contributed by atoms with Crippen LogP contribution in [0.1, 0.15) is 69.2 Å². The molecule has 2 aliphatic carbocycles. The Labute approximate surface area is 211 Å². The van der Waals surface area contributed by atoms with Gasteiger partial charge in [0.25, 0.3) is 0 Å². The molecule has 0 spiro atoms. The van der Waals surface area contributed by atoms with E-state index in [2.05, 4.69) is 0 Å². The van der Waals surface area contributed by atoms with Crippen molar-refractivity contribution >= 4 is 46.3 Å². The van der Waals surface area contributed by atoms with E-state index in [9.17, 15) is 19.2 Å². The van der Waals surface area contributed by atoms with Gasteiger partial charge in [0.05, 0.1) is 10.0 Å². The first-order chi connectivity index (χ1) is 16.8. The zero-order valence-electron chi connectivity index (χ0n) is 18.4. The second-order valence-electron chi connectivity index (χ2n) is 8.22. The second kappa shape index (κ2) is 8.73. The van der Waals surface area contributed by atoms with Crippen molar-refractivity contribution < 1.29 is 19.2 Å². The lowest BCUT2D eigenvalue weighted by Crippen LogP contribution is -2.21. The number of rotatable bonds is 0. The van der Waals surface area contributed by atoms with Crippen molar-refractivity contribution in [1.29, 1.82) is 0 Å². The molecule has 2 aliphatic rings. The summed E-state index contributed by atoms with van der Waals surface area (Å²) in [6.45, 7) is 1.86. The summed E-state index contributed by atoms with van der Waals surface area (Å²) in [5.41, 5.74) is 4.40. The molecule has 0 fully saturated rings. The first-order valence-corrected chi connectivity index (χ1v) is 11.5. The summed E-state index contributed by atoms with van der Waals surface area (Å²) in [6.07, 6.45) is 0. The number of ketones is 4. The Morgan fingerprint density at radius 2 is 0.829 bits per heavy atom. The van der Waals surface area contributed by atoms with Crippen LogP contribution < -0.4 is 0 Å². The zero-order valence-corrected chi connectivity index (χ0v) is 19.9. The Kier molecular flexibility index (Phi) is 5.72. The quantitative estimate of drug-likeness (QED) is 0.238. The van der Waals surface area contributed by atoms with Gasteiger partial charge in [-0.2, -0.15) is 0 Å². The van der Waals surface area contributed by atoms with Gasteiger partial charge in [-0.05, 0) is 24.6 Å². The van der Waals surface area contributed by atoms with E-state index >= 15 is 0 Å². The highest BCUT2D eigenvalue weighted by atomic mass is 35.5. The molecular formula is C29H16Cl2O4. The highest BCUT2D eigenvalue weighted by Crippen LogP contribution is 2.33. The van der Waals surface area contributed by atoms with E-state index in [1.807, 2.05) is 19.1 Å². The minimum absolute atomic E-state index is 0.0479. The van der Waals surface area contributed by atoms with Crippen molar-refractivity contribution in [3.8, 4) is 0 Å². The third kappa shape index (κ3) is 3.72. The zero-order chi connectivity index (χ0) is 24.9. The third-order valence-corrected chi connectivity index (χ3v) is 6.85. The van der Waals surface area contributed by atoms with Gasteiger partial charge in [-0.3, -0.25) is 19.2 Å². The summed E-state index contributed by atoms with van der Waals surface area (Å²) in [5.74, 6) is -0.496. The van der Waals surface area contributed by atoms with E-state index in [0.717, 1.165) is 5.56 Å². The molecule has 0 radical (unpaired) electrons. The molecule has 0 saturated carbocycles. The number of fused-ring (bicyclic) bond motifs is 4. The largest absolute Gasteiger partial charge is 0.289 e. The summed E-state index contributed by atoms with van der Waals surface area (Å²) in [5, 5.41) is 0.548. The van der Waals surface area contributed by atoms with Gasteiger partial charge in [-0.25, -0.2) is 0 Å². The minimum atomic E-state index is -0.196. The van der Waals surface area contributed by atoms with Crippen LogP contribution in [0.5, 0.6) is 0 Å². The molecule has 4 aromatic carbocycles. The van der Waals surface area contributed by atoms with E-state index in [1.54, 1.807) is 54.6 Å². The van der Waals surface area contributed by atoms with Crippen LogP contribution in [0.25, 0.3) is 0 Å². The molecule has 0 N–H and O–H groups in total. The summed E-state index contributed by atoms with van der Waals surface area (Å²) in [4.78, 5) is 49.1. The van der Waals surface area contributed by atoms with E-state index in [1.165, 1.54) is 12.1 Å². The standard InChI is InChI=1S/C15H10O2.C14H6Cl2O2/c1-9-5-4-8-12-13(9)15(17)11-7-3-2-6-10(11)14(12)16;15-11-5-9-10(6-12(11)16)14(18)8-4-2-1-3-7(8)13(9)17/h2-8H,1H3;1-6H. The first-order valence-electron chi connectivity index (χ1n) is 10.7. The van der Waals surface area contributed by atoms with Crippen LogP contribution >= 0.6 is 23.2 Å². The molecule has 6 rings (SSSR count). The molecule has 4 aromatic rings. The molecule has 0 heterocycles. The molecule has 170 valence electrons. The summed E-state index contributed by atoms with van der Waals surface area (Å²) < 4.78 is 0. The van der Waals surface area contributed by atoms with Crippen molar-refractivity contribution in [3.63, 3.8) is 0 Å². The lowest BCUT2D eigenvalue weighted by atomic mass is 9.82. The van der Waals surface area contributed by atoms with Gasteiger partial charge in [0.2, 0.25) is 0 Å². The van der Waals surface area contributed by atoms with Gasteiger partial charge in [0, 0.05) is 44.5 Å². The van der Waals surface area contributed by atoms with E-state index in [4.69, 9.17) is 23.2 Å². The number of benzene rings is 4. The van der Waals surface area contributed by atoms with E-state index in [-0.39, 0.29) is 33.2 Å². The molecule has 0 unspecified atom stereocenters. The molecule has 0 saturated heterocycles. The molecule has 0 bridgehead atoms. The smallest absolute Gasteiger partial charge is 0.194 e. The van der Waals surface area contributed by atoms with Crippen molar-refractivity contribution in [2.24, 2.45) is 0 Å². The van der Waals surface area contributed by atoms with Crippen LogP contribution in [-0.2, 0) is 0 Å². The monoisotopic (exact) mass is 498 g/mol. The summed E-state index contributed by atoms with van der Waals surface area (Å²) in [7, 11) is 0. The lowest BCUT2D eigenvalue weighted by molar-refractivity contribution is 0.0978. The number of halogens is 2. The Balaban J connectivity index is 0.000000145. The molecule has 6 heteroatoms. The van der Waals surface area contributed by atoms with Crippen LogP contribution in [0.4, 0.5) is 0 Å². The number of carbonyl (C=O) groups excluding carboxylic acids is 4. The van der Waals surface area contributed by atoms with Crippen molar-refractivity contribution in [3.05, 3.63) is 139 Å². The minimum Gasteiger partial charge on any atom is -0.289 e. The fourth-order valence-corrected chi connectivity index (χ4v) is 4.74. The van der Waals surface area contributed by atoms with Gasteiger partial charge >= 0.3 is 0 Å². The molecular weight excluding hydrogens is 483 g/mol. The Morgan fingerprint density at radius 1 is 0.457 bits per heavy atom. The van der Waals surface area contributed by atoms with Crippen LogP contribution in [-0.4, -0.2) is 23.1 Å². The second-order valence-corrected chi connectivity index (χ2v) is 9.03. The van der Waals surface area contributed by atoms with Gasteiger partial charge in [0.1, 0.15) is 0 Å². The van der Waals surface area contributed by atoms with E-state index < -0.39 is 0 Å². The third-order valence-electron chi connectivity index (χ3n) is 6.13. The average Bonchev–Trinajstić information content (AvgIpc) is 2.87. The highest BCUT2D eigenvalue weighted by molar-refractivity contribution is 6.43. The fourth-order valence-electron chi connectivity index (χ4n) is 4.41. The average molecular weight is 499 g/mol. The maximum atomic E-state index is 12.3. The number of carbonyl (C=O) groups is 4. The predicted octanol–water partition coefficient (Wildman–Crippen LogP) is 6.54. The van der Waals surface area contributed by atoms with E-state index in [0.29, 0.717) is 44.5 Å². The SMILES string of the molecule is Cc1cccc2c1C(=O)c1ccccc1C2=O.O=C1c2ccccc2C(=O)c2cc(Cl)c(Cl)cc21. The number of hydrogen-bond donors (Lipinski definition) is 0. The predicted molar refractivity (Wildman–Crippen MR) is 134 cm³/mol. The van der Waals surface area contributed by atoms with Gasteiger partial charge in [-0.1, -0.05) is 89.9 Å². The van der Waals surface area contributed by atoms with Crippen LogP contribution in [0, 0.1) is 6.92 Å². The van der Waals surface area contributed by atoms with Crippen molar-refractivity contribution in [1.82, 2.24) is 0 Å². The molecule has 0 atom stereocenters. The topological polar surface area (TPSA) is 68.3 Å². The Hall–Kier alpha value is -3.86. The Bertz CT molecular complexity index is 1540. The molecule has 35 heavy (non-hydrogen) atoms.